The summed E-state index contributed by atoms with van der Waals surface area (Å²) < 4.78 is 0. The number of nitrogens with one attached hydrogen (secondary N) is 2. The molecule has 0 bridgehead atoms. The Kier molecular flexibility index (Phi) is 9.50. The minimum Gasteiger partial charge on any atom is -0.394 e. The fraction of sp³-hybridized carbons (Fsp3) is 0.474. The minimum atomic E-state index is -0.553. The Hall–Kier alpha value is -2.18. The average molecular weight is 348 g/mol. The number of carbonyl (C=O) groups excluding carboxylic acids is 2. The molecule has 0 aliphatic rings. The van der Waals surface area contributed by atoms with Crippen molar-refractivity contribution < 1.29 is 19.8 Å². The van der Waals surface area contributed by atoms with Gasteiger partial charge in [0.1, 0.15) is 0 Å². The van der Waals surface area contributed by atoms with E-state index < -0.39 is 12.0 Å². The molecule has 138 valence electrons. The number of hydrogen-bond acceptors (Lipinski definition) is 4. The molecular formula is C19H28N2O4. The highest BCUT2D eigenvalue weighted by molar-refractivity contribution is 5.86. The van der Waals surface area contributed by atoms with Gasteiger partial charge in [0, 0.05) is 12.5 Å². The van der Waals surface area contributed by atoms with Crippen LogP contribution >= 0.6 is 0 Å². The van der Waals surface area contributed by atoms with Gasteiger partial charge in [0.15, 0.2) is 0 Å². The molecule has 4 N–H and O–H groups in total. The van der Waals surface area contributed by atoms with Crippen molar-refractivity contribution in [3.8, 4) is 0 Å². The fourth-order valence-corrected chi connectivity index (χ4v) is 2.46. The van der Waals surface area contributed by atoms with E-state index in [4.69, 9.17) is 5.11 Å². The van der Waals surface area contributed by atoms with Crippen LogP contribution in [-0.4, -0.2) is 47.3 Å². The molecule has 1 rings (SSSR count). The van der Waals surface area contributed by atoms with E-state index in [-0.39, 0.29) is 37.5 Å². The highest BCUT2D eigenvalue weighted by Crippen LogP contribution is 2.11. The Morgan fingerprint density at radius 3 is 2.40 bits per heavy atom. The lowest BCUT2D eigenvalue weighted by atomic mass is 9.98. The second-order valence-electron chi connectivity index (χ2n) is 6.15. The third-order valence-corrected chi connectivity index (χ3v) is 3.83. The van der Waals surface area contributed by atoms with Gasteiger partial charge in [-0.25, -0.2) is 0 Å². The van der Waals surface area contributed by atoms with Gasteiger partial charge >= 0.3 is 0 Å². The van der Waals surface area contributed by atoms with E-state index >= 15 is 0 Å². The summed E-state index contributed by atoms with van der Waals surface area (Å²) in [6.07, 6.45) is 2.47. The normalized spacial score (nSPS) is 14.2. The molecule has 0 aromatic heterocycles. The summed E-state index contributed by atoms with van der Waals surface area (Å²) in [5.41, 5.74) is 1.01. The van der Waals surface area contributed by atoms with Crippen molar-refractivity contribution in [2.24, 2.45) is 5.92 Å². The first-order valence-electron chi connectivity index (χ1n) is 8.46. The van der Waals surface area contributed by atoms with Crippen LogP contribution in [-0.2, 0) is 16.0 Å². The van der Waals surface area contributed by atoms with Gasteiger partial charge in [-0.15, -0.1) is 6.58 Å². The number of amides is 2. The molecule has 0 aliphatic heterocycles. The molecule has 0 saturated carbocycles. The lowest BCUT2D eigenvalue weighted by molar-refractivity contribution is -0.131. The van der Waals surface area contributed by atoms with Crippen LogP contribution in [0.2, 0.25) is 0 Å². The molecular weight excluding hydrogens is 320 g/mol. The van der Waals surface area contributed by atoms with E-state index in [1.807, 2.05) is 30.3 Å². The number of benzene rings is 1. The smallest absolute Gasteiger partial charge is 0.224 e. The first-order valence-corrected chi connectivity index (χ1v) is 8.46. The maximum absolute atomic E-state index is 12.3. The van der Waals surface area contributed by atoms with Crippen LogP contribution in [0.5, 0.6) is 0 Å². The van der Waals surface area contributed by atoms with Crippen molar-refractivity contribution in [2.75, 3.05) is 13.2 Å². The number of allylic oxidation sites excluding steroid dienone is 1. The fourth-order valence-electron chi connectivity index (χ4n) is 2.46. The molecule has 1 aromatic rings. The molecule has 2 amide bonds. The SMILES string of the molecule is C=CC[C@H](CC(=O)N[C@H](CO)Cc1ccccc1)C(=O)N[C@@H](C)CO. The van der Waals surface area contributed by atoms with Crippen LogP contribution < -0.4 is 10.6 Å². The van der Waals surface area contributed by atoms with Crippen LogP contribution in [0.25, 0.3) is 0 Å². The molecule has 6 heteroatoms. The Morgan fingerprint density at radius 2 is 1.84 bits per heavy atom. The van der Waals surface area contributed by atoms with E-state index in [2.05, 4.69) is 17.2 Å². The second kappa shape index (κ2) is 11.4. The summed E-state index contributed by atoms with van der Waals surface area (Å²) in [5, 5.41) is 24.0. The van der Waals surface area contributed by atoms with Gasteiger partial charge in [0.25, 0.3) is 0 Å². The number of rotatable bonds is 11. The molecule has 1 aromatic carbocycles. The molecule has 0 spiro atoms. The predicted molar refractivity (Wildman–Crippen MR) is 96.8 cm³/mol. The van der Waals surface area contributed by atoms with E-state index in [1.165, 1.54) is 0 Å². The molecule has 0 aliphatic carbocycles. The molecule has 3 atom stereocenters. The predicted octanol–water partition coefficient (Wildman–Crippen LogP) is 0.786. The molecule has 25 heavy (non-hydrogen) atoms. The number of hydrogen-bond donors (Lipinski definition) is 4. The van der Waals surface area contributed by atoms with Crippen molar-refractivity contribution in [2.45, 2.75) is 38.3 Å². The summed E-state index contributed by atoms with van der Waals surface area (Å²) >= 11 is 0. The summed E-state index contributed by atoms with van der Waals surface area (Å²) in [4.78, 5) is 24.4. The van der Waals surface area contributed by atoms with Gasteiger partial charge in [-0.1, -0.05) is 36.4 Å². The van der Waals surface area contributed by atoms with E-state index in [0.29, 0.717) is 12.8 Å². The summed E-state index contributed by atoms with van der Waals surface area (Å²) in [5.74, 6) is -1.14. The van der Waals surface area contributed by atoms with E-state index in [9.17, 15) is 14.7 Å². The zero-order valence-corrected chi connectivity index (χ0v) is 14.6. The Morgan fingerprint density at radius 1 is 1.16 bits per heavy atom. The van der Waals surface area contributed by atoms with Crippen LogP contribution in [0.3, 0.4) is 0 Å². The third-order valence-electron chi connectivity index (χ3n) is 3.83. The average Bonchev–Trinajstić information content (AvgIpc) is 2.61. The third kappa shape index (κ3) is 7.96. The number of carbonyl (C=O) groups is 2. The van der Waals surface area contributed by atoms with E-state index in [1.54, 1.807) is 13.0 Å². The molecule has 0 fully saturated rings. The maximum atomic E-state index is 12.3. The van der Waals surface area contributed by atoms with Crippen LogP contribution in [0.1, 0.15) is 25.3 Å². The van der Waals surface area contributed by atoms with Crippen LogP contribution in [0, 0.1) is 5.92 Å². The topological polar surface area (TPSA) is 98.7 Å². The monoisotopic (exact) mass is 348 g/mol. The first-order chi connectivity index (χ1) is 12.0. The second-order valence-corrected chi connectivity index (χ2v) is 6.15. The Bertz CT molecular complexity index is 548. The molecule has 6 nitrogen and oxygen atoms in total. The molecule has 0 heterocycles. The van der Waals surface area contributed by atoms with Crippen molar-refractivity contribution >= 4 is 11.8 Å². The highest BCUT2D eigenvalue weighted by atomic mass is 16.3. The highest BCUT2D eigenvalue weighted by Gasteiger charge is 2.23. The summed E-state index contributed by atoms with van der Waals surface area (Å²) in [6, 6.07) is 8.79. The van der Waals surface area contributed by atoms with Gasteiger partial charge in [-0.3, -0.25) is 9.59 Å². The molecule has 0 radical (unpaired) electrons. The largest absolute Gasteiger partial charge is 0.394 e. The first kappa shape index (κ1) is 20.9. The zero-order valence-electron chi connectivity index (χ0n) is 14.6. The van der Waals surface area contributed by atoms with Gasteiger partial charge in [-0.05, 0) is 25.3 Å². The van der Waals surface area contributed by atoms with E-state index in [0.717, 1.165) is 5.56 Å². The van der Waals surface area contributed by atoms with Crippen molar-refractivity contribution in [3.05, 3.63) is 48.6 Å². The van der Waals surface area contributed by atoms with Crippen molar-refractivity contribution in [1.29, 1.82) is 0 Å². The van der Waals surface area contributed by atoms with Crippen LogP contribution in [0.4, 0.5) is 0 Å². The van der Waals surface area contributed by atoms with Gasteiger partial charge < -0.3 is 20.8 Å². The maximum Gasteiger partial charge on any atom is 0.224 e. The lowest BCUT2D eigenvalue weighted by Crippen LogP contribution is -2.43. The molecule has 0 saturated heterocycles. The number of aliphatic hydroxyl groups excluding tert-OH is 2. The van der Waals surface area contributed by atoms with Crippen molar-refractivity contribution in [1.82, 2.24) is 10.6 Å². The summed E-state index contributed by atoms with van der Waals surface area (Å²) in [6.45, 7) is 4.96. The lowest BCUT2D eigenvalue weighted by Gasteiger charge is -2.20. The summed E-state index contributed by atoms with van der Waals surface area (Å²) in [7, 11) is 0. The molecule has 0 unspecified atom stereocenters. The van der Waals surface area contributed by atoms with Crippen molar-refractivity contribution in [3.63, 3.8) is 0 Å². The van der Waals surface area contributed by atoms with Gasteiger partial charge in [0.05, 0.1) is 25.2 Å². The quantitative estimate of drug-likeness (QED) is 0.444. The Balaban J connectivity index is 2.59. The van der Waals surface area contributed by atoms with Crippen LogP contribution in [0.15, 0.2) is 43.0 Å². The zero-order chi connectivity index (χ0) is 18.7. The Labute approximate surface area is 148 Å². The standard InChI is InChI=1S/C19H28N2O4/c1-3-7-16(19(25)20-14(2)12-22)11-18(24)21-17(13-23)10-15-8-5-4-6-9-15/h3-6,8-9,14,16-17,22-23H,1,7,10-13H2,2H3,(H,20,25)(H,21,24)/t14-,16+,17-/m0/s1. The number of aliphatic hydroxyl groups is 2. The minimum absolute atomic E-state index is 0.00128. The van der Waals surface area contributed by atoms with Gasteiger partial charge in [-0.2, -0.15) is 0 Å². The van der Waals surface area contributed by atoms with Gasteiger partial charge in [0.2, 0.25) is 11.8 Å².